The topological polar surface area (TPSA) is 67.4 Å². The van der Waals surface area contributed by atoms with Gasteiger partial charge in [-0.05, 0) is 24.3 Å². The highest BCUT2D eigenvalue weighted by molar-refractivity contribution is 5.97. The number of carbonyl (C=O) groups excluding carboxylic acids is 2. The molecule has 2 N–H and O–H groups in total. The van der Waals surface area contributed by atoms with Gasteiger partial charge in [0.2, 0.25) is 11.8 Å². The zero-order chi connectivity index (χ0) is 13.8. The van der Waals surface area contributed by atoms with Crippen LogP contribution in [-0.4, -0.2) is 25.0 Å². The maximum Gasteiger partial charge on any atom is 0.387 e. The predicted molar refractivity (Wildman–Crippen MR) is 62.8 cm³/mol. The number of anilines is 1. The van der Waals surface area contributed by atoms with Crippen LogP contribution in [0.1, 0.15) is 6.42 Å². The summed E-state index contributed by atoms with van der Waals surface area (Å²) in [5, 5.41) is 5.17. The SMILES string of the molecule is O=C1CC(C(=O)Nc2ccc(OC(F)F)cc2)CN1. The van der Waals surface area contributed by atoms with E-state index >= 15 is 0 Å². The molecule has 102 valence electrons. The molecule has 2 rings (SSSR count). The van der Waals surface area contributed by atoms with Gasteiger partial charge in [-0.15, -0.1) is 0 Å². The van der Waals surface area contributed by atoms with E-state index in [4.69, 9.17) is 0 Å². The second kappa shape index (κ2) is 5.64. The average molecular weight is 270 g/mol. The normalized spacial score (nSPS) is 18.3. The van der Waals surface area contributed by atoms with E-state index in [1.807, 2.05) is 0 Å². The van der Waals surface area contributed by atoms with Crippen molar-refractivity contribution >= 4 is 17.5 Å². The maximum absolute atomic E-state index is 11.9. The van der Waals surface area contributed by atoms with Crippen molar-refractivity contribution in [1.29, 1.82) is 0 Å². The summed E-state index contributed by atoms with van der Waals surface area (Å²) in [6, 6.07) is 5.58. The first-order chi connectivity index (χ1) is 9.04. The summed E-state index contributed by atoms with van der Waals surface area (Å²) >= 11 is 0. The number of benzene rings is 1. The van der Waals surface area contributed by atoms with Crippen LogP contribution in [0.4, 0.5) is 14.5 Å². The van der Waals surface area contributed by atoms with Crippen LogP contribution >= 0.6 is 0 Å². The zero-order valence-electron chi connectivity index (χ0n) is 9.86. The Balaban J connectivity index is 1.92. The lowest BCUT2D eigenvalue weighted by Crippen LogP contribution is -2.24. The van der Waals surface area contributed by atoms with E-state index in [1.54, 1.807) is 0 Å². The fraction of sp³-hybridized carbons (Fsp3) is 0.333. The highest BCUT2D eigenvalue weighted by Crippen LogP contribution is 2.19. The van der Waals surface area contributed by atoms with Crippen LogP contribution in [-0.2, 0) is 9.59 Å². The Labute approximate surface area is 107 Å². The van der Waals surface area contributed by atoms with Crippen molar-refractivity contribution in [3.05, 3.63) is 24.3 Å². The molecule has 0 bridgehead atoms. The van der Waals surface area contributed by atoms with Crippen molar-refractivity contribution in [3.63, 3.8) is 0 Å². The van der Waals surface area contributed by atoms with Crippen LogP contribution < -0.4 is 15.4 Å². The van der Waals surface area contributed by atoms with Gasteiger partial charge in [0.1, 0.15) is 5.75 Å². The van der Waals surface area contributed by atoms with Gasteiger partial charge < -0.3 is 15.4 Å². The van der Waals surface area contributed by atoms with E-state index in [0.29, 0.717) is 12.2 Å². The molecule has 1 aliphatic heterocycles. The lowest BCUT2D eigenvalue weighted by Gasteiger charge is -2.10. The van der Waals surface area contributed by atoms with Crippen LogP contribution in [0.3, 0.4) is 0 Å². The monoisotopic (exact) mass is 270 g/mol. The summed E-state index contributed by atoms with van der Waals surface area (Å²) in [6.07, 6.45) is 0.165. The first-order valence-corrected chi connectivity index (χ1v) is 5.67. The van der Waals surface area contributed by atoms with Crippen molar-refractivity contribution in [2.45, 2.75) is 13.0 Å². The van der Waals surface area contributed by atoms with Crippen LogP contribution in [0.25, 0.3) is 0 Å². The second-order valence-corrected chi connectivity index (χ2v) is 4.10. The largest absolute Gasteiger partial charge is 0.435 e. The summed E-state index contributed by atoms with van der Waals surface area (Å²) in [5.74, 6) is -0.808. The molecule has 0 saturated carbocycles. The first-order valence-electron chi connectivity index (χ1n) is 5.67. The van der Waals surface area contributed by atoms with Crippen LogP contribution in [0.5, 0.6) is 5.75 Å². The summed E-state index contributed by atoms with van der Waals surface area (Å²) in [7, 11) is 0. The van der Waals surface area contributed by atoms with Crippen molar-refractivity contribution < 1.29 is 23.1 Å². The van der Waals surface area contributed by atoms with E-state index in [2.05, 4.69) is 15.4 Å². The zero-order valence-corrected chi connectivity index (χ0v) is 9.86. The molecule has 0 spiro atoms. The number of alkyl halides is 2. The van der Waals surface area contributed by atoms with E-state index < -0.39 is 12.5 Å². The van der Waals surface area contributed by atoms with Gasteiger partial charge in [0, 0.05) is 18.7 Å². The van der Waals surface area contributed by atoms with Crippen molar-refractivity contribution in [1.82, 2.24) is 5.32 Å². The second-order valence-electron chi connectivity index (χ2n) is 4.10. The minimum Gasteiger partial charge on any atom is -0.435 e. The highest BCUT2D eigenvalue weighted by atomic mass is 19.3. The van der Waals surface area contributed by atoms with Crippen molar-refractivity contribution in [2.24, 2.45) is 5.92 Å². The van der Waals surface area contributed by atoms with Crippen LogP contribution in [0.15, 0.2) is 24.3 Å². The van der Waals surface area contributed by atoms with Gasteiger partial charge in [0.05, 0.1) is 5.92 Å². The van der Waals surface area contributed by atoms with E-state index in [-0.39, 0.29) is 24.0 Å². The molecule has 1 aromatic carbocycles. The summed E-state index contributed by atoms with van der Waals surface area (Å²) in [5.41, 5.74) is 0.464. The molecule has 1 aliphatic rings. The molecule has 1 aromatic rings. The first kappa shape index (κ1) is 13.3. The van der Waals surface area contributed by atoms with E-state index in [9.17, 15) is 18.4 Å². The molecule has 1 unspecified atom stereocenters. The van der Waals surface area contributed by atoms with Crippen molar-refractivity contribution in [2.75, 3.05) is 11.9 Å². The number of ether oxygens (including phenoxy) is 1. The van der Waals surface area contributed by atoms with Gasteiger partial charge in [-0.25, -0.2) is 0 Å². The third-order valence-electron chi connectivity index (χ3n) is 2.70. The number of halogens is 2. The maximum atomic E-state index is 11.9. The Morgan fingerprint density at radius 3 is 2.58 bits per heavy atom. The molecule has 1 atom stereocenters. The minimum absolute atomic E-state index is 0.0192. The minimum atomic E-state index is -2.88. The summed E-state index contributed by atoms with van der Waals surface area (Å²) in [4.78, 5) is 22.7. The molecule has 1 saturated heterocycles. The average Bonchev–Trinajstić information content (AvgIpc) is 2.78. The van der Waals surface area contributed by atoms with Gasteiger partial charge in [0.15, 0.2) is 0 Å². The number of hydrogen-bond donors (Lipinski definition) is 2. The van der Waals surface area contributed by atoms with Gasteiger partial charge >= 0.3 is 6.61 Å². The Bertz CT molecular complexity index is 476. The quantitative estimate of drug-likeness (QED) is 0.868. The molecule has 5 nitrogen and oxygen atoms in total. The Morgan fingerprint density at radius 1 is 1.37 bits per heavy atom. The summed E-state index contributed by atoms with van der Waals surface area (Å²) < 4.78 is 28.1. The smallest absolute Gasteiger partial charge is 0.387 e. The molecular formula is C12H12F2N2O3. The van der Waals surface area contributed by atoms with E-state index in [0.717, 1.165) is 0 Å². The molecule has 7 heteroatoms. The fourth-order valence-corrected chi connectivity index (χ4v) is 1.75. The van der Waals surface area contributed by atoms with Crippen molar-refractivity contribution in [3.8, 4) is 5.75 Å². The Hall–Kier alpha value is -2.18. The standard InChI is InChI=1S/C12H12F2N2O3/c13-12(14)19-9-3-1-8(2-4-9)16-11(18)7-5-10(17)15-6-7/h1-4,7,12H,5-6H2,(H,15,17)(H,16,18). The molecule has 0 radical (unpaired) electrons. The van der Waals surface area contributed by atoms with Gasteiger partial charge in [-0.1, -0.05) is 0 Å². The lowest BCUT2D eigenvalue weighted by molar-refractivity contribution is -0.123. The molecule has 0 aromatic heterocycles. The molecule has 2 amide bonds. The Morgan fingerprint density at radius 2 is 2.05 bits per heavy atom. The third-order valence-corrected chi connectivity index (χ3v) is 2.70. The molecular weight excluding hydrogens is 258 g/mol. The van der Waals surface area contributed by atoms with Gasteiger partial charge in [-0.2, -0.15) is 8.78 Å². The molecule has 0 aliphatic carbocycles. The lowest BCUT2D eigenvalue weighted by atomic mass is 10.1. The van der Waals surface area contributed by atoms with Gasteiger partial charge in [0.25, 0.3) is 0 Å². The predicted octanol–water partition coefficient (Wildman–Crippen LogP) is 1.36. The Kier molecular flexibility index (Phi) is 3.94. The molecule has 19 heavy (non-hydrogen) atoms. The number of amides is 2. The number of carbonyl (C=O) groups is 2. The molecule has 1 fully saturated rings. The molecule has 1 heterocycles. The van der Waals surface area contributed by atoms with E-state index in [1.165, 1.54) is 24.3 Å². The highest BCUT2D eigenvalue weighted by Gasteiger charge is 2.27. The fourth-order valence-electron chi connectivity index (χ4n) is 1.75. The number of hydrogen-bond acceptors (Lipinski definition) is 3. The van der Waals surface area contributed by atoms with Crippen LogP contribution in [0.2, 0.25) is 0 Å². The van der Waals surface area contributed by atoms with Crippen LogP contribution in [0, 0.1) is 5.92 Å². The number of nitrogens with one attached hydrogen (secondary N) is 2. The summed E-state index contributed by atoms with van der Waals surface area (Å²) in [6.45, 7) is -2.56. The third kappa shape index (κ3) is 3.64. The van der Waals surface area contributed by atoms with Gasteiger partial charge in [-0.3, -0.25) is 9.59 Å². The number of rotatable bonds is 4.